The number of piperidine rings is 1. The Kier molecular flexibility index (Phi) is 7.14. The zero-order chi connectivity index (χ0) is 15.8. The van der Waals surface area contributed by atoms with Crippen molar-refractivity contribution < 1.29 is 14.4 Å². The Morgan fingerprint density at radius 2 is 1.67 bits per heavy atom. The molecule has 1 rings (SSSR count). The van der Waals surface area contributed by atoms with Gasteiger partial charge in [0.15, 0.2) is 0 Å². The van der Waals surface area contributed by atoms with Crippen molar-refractivity contribution in [2.75, 3.05) is 26.2 Å². The summed E-state index contributed by atoms with van der Waals surface area (Å²) in [6.45, 7) is 5.00. The van der Waals surface area contributed by atoms with E-state index < -0.39 is 6.04 Å². The highest BCUT2D eigenvalue weighted by atomic mass is 16.2. The van der Waals surface area contributed by atoms with Crippen LogP contribution in [-0.4, -0.2) is 54.8 Å². The van der Waals surface area contributed by atoms with Crippen molar-refractivity contribution in [2.24, 2.45) is 11.7 Å². The van der Waals surface area contributed by atoms with Crippen molar-refractivity contribution in [3.8, 4) is 0 Å². The van der Waals surface area contributed by atoms with E-state index in [0.29, 0.717) is 0 Å². The largest absolute Gasteiger partial charge is 0.346 e. The molecule has 3 amide bonds. The molecule has 7 heteroatoms. The molecule has 0 bridgehead atoms. The molecule has 0 aromatic heterocycles. The summed E-state index contributed by atoms with van der Waals surface area (Å²) in [4.78, 5) is 36.8. The summed E-state index contributed by atoms with van der Waals surface area (Å²) in [7, 11) is 0. The van der Waals surface area contributed by atoms with E-state index in [2.05, 4.69) is 10.6 Å². The second kappa shape index (κ2) is 8.61. The number of rotatable bonds is 6. The van der Waals surface area contributed by atoms with Crippen LogP contribution >= 0.6 is 0 Å². The molecule has 0 radical (unpaired) electrons. The first-order chi connectivity index (χ1) is 9.91. The van der Waals surface area contributed by atoms with Gasteiger partial charge in [-0.15, -0.1) is 0 Å². The van der Waals surface area contributed by atoms with Gasteiger partial charge in [-0.3, -0.25) is 14.4 Å². The van der Waals surface area contributed by atoms with Gasteiger partial charge in [-0.1, -0.05) is 13.8 Å². The molecule has 0 spiro atoms. The van der Waals surface area contributed by atoms with Gasteiger partial charge >= 0.3 is 0 Å². The van der Waals surface area contributed by atoms with E-state index in [1.807, 2.05) is 13.8 Å². The fourth-order valence-electron chi connectivity index (χ4n) is 2.08. The van der Waals surface area contributed by atoms with Crippen LogP contribution in [0.3, 0.4) is 0 Å². The van der Waals surface area contributed by atoms with Gasteiger partial charge in [-0.2, -0.15) is 0 Å². The predicted octanol–water partition coefficient (Wildman–Crippen LogP) is -0.785. The van der Waals surface area contributed by atoms with Crippen LogP contribution in [0.2, 0.25) is 0 Å². The molecule has 1 atom stereocenters. The molecule has 120 valence electrons. The smallest absolute Gasteiger partial charge is 0.241 e. The van der Waals surface area contributed by atoms with E-state index in [0.717, 1.165) is 32.4 Å². The molecule has 1 saturated heterocycles. The summed E-state index contributed by atoms with van der Waals surface area (Å²) in [6, 6.07) is -0.632. The lowest BCUT2D eigenvalue weighted by atomic mass is 10.1. The Balaban J connectivity index is 2.21. The number of carbonyl (C=O) groups is 3. The fraction of sp³-hybridized carbons (Fsp3) is 0.786. The van der Waals surface area contributed by atoms with Gasteiger partial charge in [-0.25, -0.2) is 0 Å². The maximum atomic E-state index is 11.8. The zero-order valence-electron chi connectivity index (χ0n) is 12.9. The molecule has 0 aromatic carbocycles. The zero-order valence-corrected chi connectivity index (χ0v) is 12.9. The number of likely N-dealkylation sites (tertiary alicyclic amines) is 1. The number of amides is 3. The molecule has 0 aliphatic carbocycles. The van der Waals surface area contributed by atoms with Gasteiger partial charge in [0, 0.05) is 13.1 Å². The minimum absolute atomic E-state index is 0.00809. The summed E-state index contributed by atoms with van der Waals surface area (Å²) in [5, 5.41) is 4.98. The maximum absolute atomic E-state index is 11.8. The number of nitrogens with zero attached hydrogens (tertiary/aromatic N) is 1. The normalized spacial score (nSPS) is 16.5. The van der Waals surface area contributed by atoms with Crippen LogP contribution in [0.5, 0.6) is 0 Å². The van der Waals surface area contributed by atoms with Crippen molar-refractivity contribution in [1.82, 2.24) is 15.5 Å². The van der Waals surface area contributed by atoms with Gasteiger partial charge < -0.3 is 21.3 Å². The van der Waals surface area contributed by atoms with Crippen molar-refractivity contribution in [3.05, 3.63) is 0 Å². The van der Waals surface area contributed by atoms with Crippen LogP contribution in [0.1, 0.15) is 33.1 Å². The van der Waals surface area contributed by atoms with Gasteiger partial charge in [0.2, 0.25) is 17.7 Å². The highest BCUT2D eigenvalue weighted by Gasteiger charge is 2.19. The molecule has 1 aliphatic rings. The maximum Gasteiger partial charge on any atom is 0.241 e. The molecule has 1 fully saturated rings. The molecule has 0 aromatic rings. The number of carbonyl (C=O) groups excluding carboxylic acids is 3. The third-order valence-corrected chi connectivity index (χ3v) is 3.59. The van der Waals surface area contributed by atoms with E-state index in [9.17, 15) is 14.4 Å². The van der Waals surface area contributed by atoms with E-state index >= 15 is 0 Å². The number of nitrogens with one attached hydrogen (secondary N) is 2. The Hall–Kier alpha value is -1.63. The summed E-state index contributed by atoms with van der Waals surface area (Å²) >= 11 is 0. The Morgan fingerprint density at radius 1 is 1.05 bits per heavy atom. The monoisotopic (exact) mass is 298 g/mol. The van der Waals surface area contributed by atoms with E-state index in [-0.39, 0.29) is 36.7 Å². The van der Waals surface area contributed by atoms with Gasteiger partial charge in [0.1, 0.15) is 0 Å². The average Bonchev–Trinajstić information content (AvgIpc) is 2.50. The second-order valence-corrected chi connectivity index (χ2v) is 5.71. The molecule has 7 nitrogen and oxygen atoms in total. The number of hydrogen-bond donors (Lipinski definition) is 3. The number of nitrogens with two attached hydrogens (primary N) is 1. The SMILES string of the molecule is CC(C)[C@H](N)C(=O)NCC(=O)NCC(=O)N1CCCCC1. The van der Waals surface area contributed by atoms with Crippen molar-refractivity contribution in [1.29, 1.82) is 0 Å². The molecule has 1 aliphatic heterocycles. The van der Waals surface area contributed by atoms with Crippen LogP contribution in [0.4, 0.5) is 0 Å². The lowest BCUT2D eigenvalue weighted by Crippen LogP contribution is -2.48. The minimum atomic E-state index is -0.632. The third kappa shape index (κ3) is 6.12. The molecule has 0 saturated carbocycles. The fourth-order valence-corrected chi connectivity index (χ4v) is 2.08. The molecule has 4 N–H and O–H groups in total. The predicted molar refractivity (Wildman–Crippen MR) is 79.3 cm³/mol. The summed E-state index contributed by atoms with van der Waals surface area (Å²) in [5.41, 5.74) is 5.66. The van der Waals surface area contributed by atoms with Gasteiger partial charge in [0.25, 0.3) is 0 Å². The van der Waals surface area contributed by atoms with Crippen LogP contribution in [0.25, 0.3) is 0 Å². The highest BCUT2D eigenvalue weighted by Crippen LogP contribution is 2.08. The minimum Gasteiger partial charge on any atom is -0.346 e. The lowest BCUT2D eigenvalue weighted by molar-refractivity contribution is -0.133. The topological polar surface area (TPSA) is 105 Å². The van der Waals surface area contributed by atoms with Crippen molar-refractivity contribution in [2.45, 2.75) is 39.2 Å². The standard InChI is InChI=1S/C14H26N4O3/c1-10(2)13(15)14(21)17-8-11(19)16-9-12(20)18-6-4-3-5-7-18/h10,13H,3-9,15H2,1-2H3,(H,16,19)(H,17,21)/t13-/m0/s1. The van der Waals surface area contributed by atoms with Crippen LogP contribution in [0, 0.1) is 5.92 Å². The van der Waals surface area contributed by atoms with E-state index in [1.165, 1.54) is 0 Å². The van der Waals surface area contributed by atoms with Crippen LogP contribution in [-0.2, 0) is 14.4 Å². The average molecular weight is 298 g/mol. The first-order valence-corrected chi connectivity index (χ1v) is 7.49. The summed E-state index contributed by atoms with van der Waals surface area (Å²) in [5.74, 6) is -0.811. The molecule has 1 heterocycles. The quantitative estimate of drug-likeness (QED) is 0.598. The Morgan fingerprint density at radius 3 is 2.24 bits per heavy atom. The Labute approximate surface area is 125 Å². The molecule has 21 heavy (non-hydrogen) atoms. The Bertz CT molecular complexity index is 378. The van der Waals surface area contributed by atoms with E-state index in [1.54, 1.807) is 4.90 Å². The summed E-state index contributed by atoms with van der Waals surface area (Å²) in [6.07, 6.45) is 3.18. The highest BCUT2D eigenvalue weighted by molar-refractivity contribution is 5.89. The molecule has 0 unspecified atom stereocenters. The second-order valence-electron chi connectivity index (χ2n) is 5.71. The van der Waals surface area contributed by atoms with Crippen LogP contribution < -0.4 is 16.4 Å². The number of hydrogen-bond acceptors (Lipinski definition) is 4. The first kappa shape index (κ1) is 17.4. The van der Waals surface area contributed by atoms with Crippen molar-refractivity contribution >= 4 is 17.7 Å². The summed E-state index contributed by atoms with van der Waals surface area (Å²) < 4.78 is 0. The molecular weight excluding hydrogens is 272 g/mol. The molecular formula is C14H26N4O3. The lowest BCUT2D eigenvalue weighted by Gasteiger charge is -2.26. The van der Waals surface area contributed by atoms with Gasteiger partial charge in [0.05, 0.1) is 19.1 Å². The van der Waals surface area contributed by atoms with E-state index in [4.69, 9.17) is 5.73 Å². The van der Waals surface area contributed by atoms with Crippen LogP contribution in [0.15, 0.2) is 0 Å². The first-order valence-electron chi connectivity index (χ1n) is 7.49. The third-order valence-electron chi connectivity index (χ3n) is 3.59. The van der Waals surface area contributed by atoms with Crippen molar-refractivity contribution in [3.63, 3.8) is 0 Å². The van der Waals surface area contributed by atoms with Gasteiger partial charge in [-0.05, 0) is 25.2 Å².